The van der Waals surface area contributed by atoms with Gasteiger partial charge in [0, 0.05) is 6.04 Å². The van der Waals surface area contributed by atoms with Crippen molar-refractivity contribution in [2.24, 2.45) is 5.73 Å². The molecular formula is C12H20N2O. The highest BCUT2D eigenvalue weighted by molar-refractivity contribution is 4.99. The van der Waals surface area contributed by atoms with Crippen LogP contribution in [0.3, 0.4) is 0 Å². The smallest absolute Gasteiger partial charge is 0.117 e. The molecule has 84 valence electrons. The molecule has 1 aromatic rings. The van der Waals surface area contributed by atoms with E-state index in [4.69, 9.17) is 10.2 Å². The molecule has 1 aliphatic rings. The monoisotopic (exact) mass is 208 g/mol. The Morgan fingerprint density at radius 2 is 2.27 bits per heavy atom. The van der Waals surface area contributed by atoms with Gasteiger partial charge < -0.3 is 10.2 Å². The van der Waals surface area contributed by atoms with Crippen LogP contribution in [0.5, 0.6) is 0 Å². The standard InChI is InChI=1S/C12H20N2O/c13-7-1-2-8-14(11-5-6-11)10-12-4-3-9-15-12/h3-4,9,11H,1-2,5-8,10,13H2. The predicted octanol–water partition coefficient (Wildman–Crippen LogP) is 1.98. The molecule has 0 aliphatic heterocycles. The topological polar surface area (TPSA) is 42.4 Å². The molecule has 0 amide bonds. The number of unbranched alkanes of at least 4 members (excludes halogenated alkanes) is 1. The normalized spacial score (nSPS) is 16.1. The van der Waals surface area contributed by atoms with E-state index in [1.54, 1.807) is 6.26 Å². The highest BCUT2D eigenvalue weighted by Gasteiger charge is 2.28. The molecule has 1 heterocycles. The predicted molar refractivity (Wildman–Crippen MR) is 60.4 cm³/mol. The Bertz CT molecular complexity index is 267. The van der Waals surface area contributed by atoms with Crippen molar-refractivity contribution in [2.45, 2.75) is 38.3 Å². The second-order valence-electron chi connectivity index (χ2n) is 4.28. The van der Waals surface area contributed by atoms with E-state index < -0.39 is 0 Å². The summed E-state index contributed by atoms with van der Waals surface area (Å²) in [5.74, 6) is 1.08. The Morgan fingerprint density at radius 3 is 2.87 bits per heavy atom. The summed E-state index contributed by atoms with van der Waals surface area (Å²) in [5, 5.41) is 0. The highest BCUT2D eigenvalue weighted by atomic mass is 16.3. The van der Waals surface area contributed by atoms with E-state index in [0.29, 0.717) is 0 Å². The zero-order valence-corrected chi connectivity index (χ0v) is 9.19. The van der Waals surface area contributed by atoms with Gasteiger partial charge >= 0.3 is 0 Å². The molecule has 15 heavy (non-hydrogen) atoms. The van der Waals surface area contributed by atoms with Crippen LogP contribution >= 0.6 is 0 Å². The Balaban J connectivity index is 1.78. The number of nitrogens with two attached hydrogens (primary N) is 1. The molecule has 1 aliphatic carbocycles. The van der Waals surface area contributed by atoms with Crippen molar-refractivity contribution < 1.29 is 4.42 Å². The molecule has 0 spiro atoms. The number of hydrogen-bond acceptors (Lipinski definition) is 3. The molecule has 0 bridgehead atoms. The summed E-state index contributed by atoms with van der Waals surface area (Å²) in [6.45, 7) is 2.92. The van der Waals surface area contributed by atoms with Crippen molar-refractivity contribution in [1.29, 1.82) is 0 Å². The third-order valence-electron chi connectivity index (χ3n) is 2.90. The van der Waals surface area contributed by atoms with Gasteiger partial charge in [0.05, 0.1) is 12.8 Å². The van der Waals surface area contributed by atoms with E-state index in [-0.39, 0.29) is 0 Å². The lowest BCUT2D eigenvalue weighted by Crippen LogP contribution is -2.26. The molecule has 0 saturated heterocycles. The van der Waals surface area contributed by atoms with Gasteiger partial charge in [0.2, 0.25) is 0 Å². The van der Waals surface area contributed by atoms with Crippen LogP contribution in [0.15, 0.2) is 22.8 Å². The van der Waals surface area contributed by atoms with Gasteiger partial charge in [-0.15, -0.1) is 0 Å². The average Bonchev–Trinajstić information content (AvgIpc) is 2.97. The van der Waals surface area contributed by atoms with Crippen LogP contribution in [0.4, 0.5) is 0 Å². The van der Waals surface area contributed by atoms with Crippen molar-refractivity contribution in [3.8, 4) is 0 Å². The fourth-order valence-corrected chi connectivity index (χ4v) is 1.89. The third-order valence-corrected chi connectivity index (χ3v) is 2.90. The molecule has 0 aromatic carbocycles. The lowest BCUT2D eigenvalue weighted by molar-refractivity contribution is 0.230. The summed E-state index contributed by atoms with van der Waals surface area (Å²) in [7, 11) is 0. The molecular weight excluding hydrogens is 188 g/mol. The second-order valence-corrected chi connectivity index (χ2v) is 4.28. The van der Waals surface area contributed by atoms with Gasteiger partial charge in [-0.25, -0.2) is 0 Å². The van der Waals surface area contributed by atoms with Gasteiger partial charge in [-0.3, -0.25) is 4.90 Å². The maximum atomic E-state index is 5.51. The zero-order valence-electron chi connectivity index (χ0n) is 9.19. The minimum absolute atomic E-state index is 0.799. The van der Waals surface area contributed by atoms with E-state index in [0.717, 1.165) is 37.9 Å². The minimum atomic E-state index is 0.799. The first-order chi connectivity index (χ1) is 7.40. The van der Waals surface area contributed by atoms with Crippen molar-refractivity contribution in [3.63, 3.8) is 0 Å². The average molecular weight is 208 g/mol. The van der Waals surface area contributed by atoms with Crippen molar-refractivity contribution in [1.82, 2.24) is 4.90 Å². The molecule has 3 heteroatoms. The first-order valence-electron chi connectivity index (χ1n) is 5.86. The number of rotatable bonds is 7. The molecule has 0 radical (unpaired) electrons. The summed E-state index contributed by atoms with van der Waals surface area (Å²) < 4.78 is 5.38. The first-order valence-corrected chi connectivity index (χ1v) is 5.86. The molecule has 2 N–H and O–H groups in total. The molecule has 1 aromatic heterocycles. The Labute approximate surface area is 91.2 Å². The number of nitrogens with zero attached hydrogens (tertiary/aromatic N) is 1. The third kappa shape index (κ3) is 3.36. The fourth-order valence-electron chi connectivity index (χ4n) is 1.89. The van der Waals surface area contributed by atoms with Crippen LogP contribution in [-0.2, 0) is 6.54 Å². The van der Waals surface area contributed by atoms with Gasteiger partial charge in [-0.05, 0) is 50.9 Å². The molecule has 1 fully saturated rings. The van der Waals surface area contributed by atoms with Crippen LogP contribution in [-0.4, -0.2) is 24.0 Å². The van der Waals surface area contributed by atoms with Crippen molar-refractivity contribution in [3.05, 3.63) is 24.2 Å². The maximum Gasteiger partial charge on any atom is 0.117 e. The summed E-state index contributed by atoms with van der Waals surface area (Å²) in [6.07, 6.45) is 6.78. The molecule has 3 nitrogen and oxygen atoms in total. The maximum absolute atomic E-state index is 5.51. The number of furan rings is 1. The van der Waals surface area contributed by atoms with Gasteiger partial charge in [-0.1, -0.05) is 0 Å². The van der Waals surface area contributed by atoms with E-state index >= 15 is 0 Å². The summed E-state index contributed by atoms with van der Waals surface area (Å²) in [5.41, 5.74) is 5.51. The minimum Gasteiger partial charge on any atom is -0.468 e. The Hall–Kier alpha value is -0.800. The van der Waals surface area contributed by atoms with E-state index in [9.17, 15) is 0 Å². The summed E-state index contributed by atoms with van der Waals surface area (Å²) in [4.78, 5) is 2.52. The van der Waals surface area contributed by atoms with Gasteiger partial charge in [0.1, 0.15) is 5.76 Å². The largest absolute Gasteiger partial charge is 0.468 e. The summed E-state index contributed by atoms with van der Waals surface area (Å²) in [6, 6.07) is 4.81. The lowest BCUT2D eigenvalue weighted by Gasteiger charge is -2.20. The molecule has 2 rings (SSSR count). The second kappa shape index (κ2) is 5.33. The summed E-state index contributed by atoms with van der Waals surface area (Å²) >= 11 is 0. The van der Waals surface area contributed by atoms with E-state index in [1.165, 1.54) is 19.3 Å². The number of hydrogen-bond donors (Lipinski definition) is 1. The van der Waals surface area contributed by atoms with Crippen LogP contribution in [0, 0.1) is 0 Å². The van der Waals surface area contributed by atoms with Gasteiger partial charge in [0.25, 0.3) is 0 Å². The van der Waals surface area contributed by atoms with Crippen molar-refractivity contribution in [2.75, 3.05) is 13.1 Å². The van der Waals surface area contributed by atoms with Gasteiger partial charge in [-0.2, -0.15) is 0 Å². The lowest BCUT2D eigenvalue weighted by atomic mass is 10.2. The zero-order chi connectivity index (χ0) is 10.5. The molecule has 0 atom stereocenters. The van der Waals surface area contributed by atoms with Crippen LogP contribution in [0.1, 0.15) is 31.4 Å². The van der Waals surface area contributed by atoms with Crippen molar-refractivity contribution >= 4 is 0 Å². The van der Waals surface area contributed by atoms with Crippen LogP contribution < -0.4 is 5.73 Å². The molecule has 0 unspecified atom stereocenters. The Morgan fingerprint density at radius 1 is 1.40 bits per heavy atom. The van der Waals surface area contributed by atoms with E-state index in [2.05, 4.69) is 11.0 Å². The highest BCUT2D eigenvalue weighted by Crippen LogP contribution is 2.28. The van der Waals surface area contributed by atoms with Crippen LogP contribution in [0.25, 0.3) is 0 Å². The fraction of sp³-hybridized carbons (Fsp3) is 0.667. The SMILES string of the molecule is NCCCCN(Cc1ccco1)C1CC1. The molecule has 1 saturated carbocycles. The Kier molecular flexibility index (Phi) is 3.80. The quantitative estimate of drug-likeness (QED) is 0.697. The first kappa shape index (κ1) is 10.7. The van der Waals surface area contributed by atoms with E-state index in [1.807, 2.05) is 6.07 Å². The van der Waals surface area contributed by atoms with Gasteiger partial charge in [0.15, 0.2) is 0 Å². The van der Waals surface area contributed by atoms with Crippen LogP contribution in [0.2, 0.25) is 0 Å².